The first-order chi connectivity index (χ1) is 7.25. The quantitative estimate of drug-likeness (QED) is 0.757. The Bertz CT molecular complexity index is 401. The van der Waals surface area contributed by atoms with Gasteiger partial charge in [0.2, 0.25) is 0 Å². The molecule has 0 aliphatic carbocycles. The minimum Gasteiger partial charge on any atom is -0.261 e. The van der Waals surface area contributed by atoms with E-state index in [-0.39, 0.29) is 0 Å². The summed E-state index contributed by atoms with van der Waals surface area (Å²) in [4.78, 5) is 5.77. The molecule has 78 valence electrons. The van der Waals surface area contributed by atoms with Crippen molar-refractivity contribution in [3.8, 4) is 10.4 Å². The maximum atomic E-state index is 4.48. The molecule has 0 aliphatic rings. The molecular weight excluding hydrogens is 202 g/mol. The Hall–Kier alpha value is -1.15. The van der Waals surface area contributed by atoms with Crippen molar-refractivity contribution >= 4 is 11.3 Å². The van der Waals surface area contributed by atoms with Crippen LogP contribution in [0.4, 0.5) is 0 Å². The first-order valence-electron chi connectivity index (χ1n) is 5.24. The van der Waals surface area contributed by atoms with Gasteiger partial charge >= 0.3 is 0 Å². The molecule has 0 bridgehead atoms. The highest BCUT2D eigenvalue weighted by Gasteiger charge is 2.01. The van der Waals surface area contributed by atoms with E-state index in [4.69, 9.17) is 0 Å². The van der Waals surface area contributed by atoms with Gasteiger partial charge in [-0.05, 0) is 29.9 Å². The molecule has 0 spiro atoms. The highest BCUT2D eigenvalue weighted by Crippen LogP contribution is 2.23. The van der Waals surface area contributed by atoms with Gasteiger partial charge in [0.25, 0.3) is 0 Å². The minimum absolute atomic E-state index is 0.671. The topological polar surface area (TPSA) is 12.9 Å². The third-order valence-electron chi connectivity index (χ3n) is 2.25. The summed E-state index contributed by atoms with van der Waals surface area (Å²) < 4.78 is 0. The van der Waals surface area contributed by atoms with E-state index in [2.05, 4.69) is 48.5 Å². The van der Waals surface area contributed by atoms with Crippen LogP contribution in [-0.4, -0.2) is 4.98 Å². The van der Waals surface area contributed by atoms with Crippen molar-refractivity contribution in [1.29, 1.82) is 0 Å². The second kappa shape index (κ2) is 4.58. The first-order valence-corrected chi connectivity index (χ1v) is 6.12. The summed E-state index contributed by atoms with van der Waals surface area (Å²) in [6.45, 7) is 4.43. The second-order valence-electron chi connectivity index (χ2n) is 4.11. The van der Waals surface area contributed by atoms with Crippen LogP contribution >= 0.6 is 11.3 Å². The molecule has 0 N–H and O–H groups in total. The zero-order valence-corrected chi connectivity index (χ0v) is 9.92. The number of nitrogens with zero attached hydrogens (tertiary/aromatic N) is 1. The van der Waals surface area contributed by atoms with Crippen molar-refractivity contribution in [2.45, 2.75) is 20.3 Å². The van der Waals surface area contributed by atoms with Gasteiger partial charge in [0.1, 0.15) is 0 Å². The Labute approximate surface area is 94.8 Å². The number of rotatable bonds is 3. The average Bonchev–Trinajstić information content (AvgIpc) is 2.71. The van der Waals surface area contributed by atoms with E-state index in [0.29, 0.717) is 5.92 Å². The Balaban J connectivity index is 2.17. The molecule has 0 amide bonds. The van der Waals surface area contributed by atoms with E-state index in [1.807, 2.05) is 6.20 Å². The molecule has 2 heteroatoms. The predicted molar refractivity (Wildman–Crippen MR) is 66.1 cm³/mol. The fourth-order valence-electron chi connectivity index (χ4n) is 1.55. The van der Waals surface area contributed by atoms with Crippen LogP contribution < -0.4 is 0 Å². The summed E-state index contributed by atoms with van der Waals surface area (Å²) in [5.74, 6) is 0.671. The normalized spacial score (nSPS) is 10.9. The summed E-state index contributed by atoms with van der Waals surface area (Å²) >= 11 is 1.76. The van der Waals surface area contributed by atoms with Gasteiger partial charge in [-0.1, -0.05) is 26.0 Å². The molecule has 0 aliphatic heterocycles. The Morgan fingerprint density at radius 1 is 1.27 bits per heavy atom. The molecule has 0 fully saturated rings. The summed E-state index contributed by atoms with van der Waals surface area (Å²) in [6, 6.07) is 8.50. The van der Waals surface area contributed by atoms with Crippen LogP contribution in [-0.2, 0) is 6.42 Å². The predicted octanol–water partition coefficient (Wildman–Crippen LogP) is 4.01. The molecule has 2 aromatic heterocycles. The van der Waals surface area contributed by atoms with Crippen LogP contribution in [0.15, 0.2) is 35.8 Å². The highest BCUT2D eigenvalue weighted by molar-refractivity contribution is 7.13. The molecule has 2 rings (SSSR count). The van der Waals surface area contributed by atoms with Crippen molar-refractivity contribution in [3.05, 3.63) is 41.5 Å². The van der Waals surface area contributed by atoms with E-state index in [1.165, 1.54) is 16.1 Å². The zero-order chi connectivity index (χ0) is 10.7. The highest BCUT2D eigenvalue weighted by atomic mass is 32.1. The largest absolute Gasteiger partial charge is 0.261 e. The lowest BCUT2D eigenvalue weighted by Crippen LogP contribution is -1.96. The Morgan fingerprint density at radius 3 is 2.67 bits per heavy atom. The number of pyridine rings is 1. The van der Waals surface area contributed by atoms with E-state index in [9.17, 15) is 0 Å². The first kappa shape index (κ1) is 10.4. The summed E-state index contributed by atoms with van der Waals surface area (Å²) in [6.07, 6.45) is 3.04. The average molecular weight is 217 g/mol. The maximum absolute atomic E-state index is 4.48. The van der Waals surface area contributed by atoms with Gasteiger partial charge in [-0.2, -0.15) is 0 Å². The SMILES string of the molecule is CC(C)Cc1ccc(-c2cccs2)cn1. The molecule has 1 nitrogen and oxygen atoms in total. The third-order valence-corrected chi connectivity index (χ3v) is 3.17. The number of hydrogen-bond donors (Lipinski definition) is 0. The van der Waals surface area contributed by atoms with E-state index in [1.54, 1.807) is 11.3 Å². The molecule has 0 unspecified atom stereocenters. The minimum atomic E-state index is 0.671. The molecule has 0 aromatic carbocycles. The Kier molecular flexibility index (Phi) is 3.17. The summed E-state index contributed by atoms with van der Waals surface area (Å²) in [5, 5.41) is 2.09. The molecule has 0 atom stereocenters. The Morgan fingerprint density at radius 2 is 2.13 bits per heavy atom. The third kappa shape index (κ3) is 2.66. The van der Waals surface area contributed by atoms with Crippen LogP contribution in [0.2, 0.25) is 0 Å². The summed E-state index contributed by atoms with van der Waals surface area (Å²) in [7, 11) is 0. The molecule has 0 radical (unpaired) electrons. The second-order valence-corrected chi connectivity index (χ2v) is 5.06. The maximum Gasteiger partial charge on any atom is 0.0406 e. The summed E-state index contributed by atoms with van der Waals surface area (Å²) in [5.41, 5.74) is 2.41. The lowest BCUT2D eigenvalue weighted by atomic mass is 10.1. The van der Waals surface area contributed by atoms with Gasteiger partial charge in [-0.25, -0.2) is 0 Å². The zero-order valence-electron chi connectivity index (χ0n) is 9.10. The van der Waals surface area contributed by atoms with Crippen molar-refractivity contribution in [2.75, 3.05) is 0 Å². The molecule has 0 saturated heterocycles. The lowest BCUT2D eigenvalue weighted by molar-refractivity contribution is 0.635. The van der Waals surface area contributed by atoms with Crippen molar-refractivity contribution in [3.63, 3.8) is 0 Å². The number of hydrogen-bond acceptors (Lipinski definition) is 2. The molecule has 2 aromatic rings. The number of thiophene rings is 1. The lowest BCUT2D eigenvalue weighted by Gasteiger charge is -2.04. The van der Waals surface area contributed by atoms with E-state index in [0.717, 1.165) is 6.42 Å². The van der Waals surface area contributed by atoms with Gasteiger partial charge in [0, 0.05) is 22.3 Å². The van der Waals surface area contributed by atoms with Gasteiger partial charge in [-0.3, -0.25) is 4.98 Å². The van der Waals surface area contributed by atoms with Gasteiger partial charge < -0.3 is 0 Å². The molecular formula is C13H15NS. The van der Waals surface area contributed by atoms with E-state index >= 15 is 0 Å². The molecule has 0 saturated carbocycles. The smallest absolute Gasteiger partial charge is 0.0406 e. The van der Waals surface area contributed by atoms with Crippen LogP contribution in [0.3, 0.4) is 0 Å². The van der Waals surface area contributed by atoms with Crippen molar-refractivity contribution < 1.29 is 0 Å². The monoisotopic (exact) mass is 217 g/mol. The fraction of sp³-hybridized carbons (Fsp3) is 0.308. The van der Waals surface area contributed by atoms with Gasteiger partial charge in [-0.15, -0.1) is 11.3 Å². The molecule has 2 heterocycles. The molecule has 15 heavy (non-hydrogen) atoms. The van der Waals surface area contributed by atoms with Crippen LogP contribution in [0.25, 0.3) is 10.4 Å². The van der Waals surface area contributed by atoms with Gasteiger partial charge in [0.05, 0.1) is 0 Å². The van der Waals surface area contributed by atoms with Crippen molar-refractivity contribution in [2.24, 2.45) is 5.92 Å². The standard InChI is InChI=1S/C13H15NS/c1-10(2)8-12-6-5-11(9-14-12)13-4-3-7-15-13/h3-7,9-10H,8H2,1-2H3. The van der Waals surface area contributed by atoms with Crippen LogP contribution in [0.5, 0.6) is 0 Å². The van der Waals surface area contributed by atoms with Gasteiger partial charge in [0.15, 0.2) is 0 Å². The van der Waals surface area contributed by atoms with E-state index < -0.39 is 0 Å². The number of aromatic nitrogens is 1. The fourth-order valence-corrected chi connectivity index (χ4v) is 2.27. The van der Waals surface area contributed by atoms with Crippen LogP contribution in [0.1, 0.15) is 19.5 Å². The van der Waals surface area contributed by atoms with Crippen LogP contribution in [0, 0.1) is 5.92 Å². The van der Waals surface area contributed by atoms with Crippen molar-refractivity contribution in [1.82, 2.24) is 4.98 Å².